The van der Waals surface area contributed by atoms with Gasteiger partial charge in [0.1, 0.15) is 12.1 Å². The predicted molar refractivity (Wildman–Crippen MR) is 118 cm³/mol. The summed E-state index contributed by atoms with van der Waals surface area (Å²) in [5.41, 5.74) is 5.84. The average Bonchev–Trinajstić information content (AvgIpc) is 2.72. The van der Waals surface area contributed by atoms with Gasteiger partial charge in [0.05, 0.1) is 16.2 Å². The molecular formula is C23H22ClN5. The standard InChI is InChI=1S/C23H22ClN5/c1-14(18-5-4-6-19-20(24)9-16(3)29-23(18)19)11-26-22-10-21(27-13-28-22)17-8-7-15(2)25-12-17/h4-10,12-14H,11H2,1-3H3,(H,26,27,28)/t14-/m1/s1. The van der Waals surface area contributed by atoms with E-state index in [1.165, 1.54) is 0 Å². The third kappa shape index (κ3) is 4.20. The van der Waals surface area contributed by atoms with E-state index in [2.05, 4.69) is 33.3 Å². The maximum Gasteiger partial charge on any atom is 0.129 e. The number of nitrogens with zero attached hydrogens (tertiary/aromatic N) is 4. The van der Waals surface area contributed by atoms with Gasteiger partial charge in [-0.15, -0.1) is 0 Å². The highest BCUT2D eigenvalue weighted by Crippen LogP contribution is 2.29. The second-order valence-corrected chi connectivity index (χ2v) is 7.65. The lowest BCUT2D eigenvalue weighted by Crippen LogP contribution is -2.12. The highest BCUT2D eigenvalue weighted by atomic mass is 35.5. The summed E-state index contributed by atoms with van der Waals surface area (Å²) in [4.78, 5) is 17.8. The fourth-order valence-electron chi connectivity index (χ4n) is 3.35. The molecule has 3 heterocycles. The Bertz CT molecular complexity index is 1160. The molecule has 0 bridgehead atoms. The van der Waals surface area contributed by atoms with Crippen molar-refractivity contribution >= 4 is 28.3 Å². The molecule has 0 unspecified atom stereocenters. The van der Waals surface area contributed by atoms with Crippen LogP contribution in [0.4, 0.5) is 5.82 Å². The number of aryl methyl sites for hydroxylation is 2. The molecule has 29 heavy (non-hydrogen) atoms. The molecule has 0 saturated heterocycles. The molecule has 6 heteroatoms. The van der Waals surface area contributed by atoms with Gasteiger partial charge in [-0.25, -0.2) is 9.97 Å². The van der Waals surface area contributed by atoms with Crippen LogP contribution in [0.5, 0.6) is 0 Å². The second kappa shape index (κ2) is 8.13. The highest BCUT2D eigenvalue weighted by Gasteiger charge is 2.13. The molecule has 0 aliphatic rings. The predicted octanol–water partition coefficient (Wildman–Crippen LogP) is 5.57. The summed E-state index contributed by atoms with van der Waals surface area (Å²) in [6.45, 7) is 6.82. The zero-order valence-electron chi connectivity index (χ0n) is 16.6. The van der Waals surface area contributed by atoms with Crippen molar-refractivity contribution in [2.75, 3.05) is 11.9 Å². The molecule has 0 aliphatic heterocycles. The molecular weight excluding hydrogens is 382 g/mol. The Morgan fingerprint density at radius 3 is 2.66 bits per heavy atom. The third-order valence-electron chi connectivity index (χ3n) is 4.94. The van der Waals surface area contributed by atoms with Gasteiger partial charge in [-0.05, 0) is 37.6 Å². The molecule has 5 nitrogen and oxygen atoms in total. The molecule has 1 atom stereocenters. The van der Waals surface area contributed by atoms with Crippen LogP contribution in [0.25, 0.3) is 22.2 Å². The first-order valence-corrected chi connectivity index (χ1v) is 9.94. The second-order valence-electron chi connectivity index (χ2n) is 7.25. The molecule has 0 fully saturated rings. The maximum absolute atomic E-state index is 6.42. The average molecular weight is 404 g/mol. The summed E-state index contributed by atoms with van der Waals surface area (Å²) in [5.74, 6) is 1.01. The molecule has 0 spiro atoms. The molecule has 0 radical (unpaired) electrons. The van der Waals surface area contributed by atoms with Crippen LogP contribution in [-0.4, -0.2) is 26.5 Å². The largest absolute Gasteiger partial charge is 0.369 e. The number of hydrogen-bond donors (Lipinski definition) is 1. The van der Waals surface area contributed by atoms with E-state index in [0.29, 0.717) is 0 Å². The van der Waals surface area contributed by atoms with Crippen LogP contribution in [-0.2, 0) is 0 Å². The van der Waals surface area contributed by atoms with E-state index in [9.17, 15) is 0 Å². The molecule has 1 aromatic carbocycles. The number of nitrogens with one attached hydrogen (secondary N) is 1. The summed E-state index contributed by atoms with van der Waals surface area (Å²) in [6.07, 6.45) is 3.41. The van der Waals surface area contributed by atoms with E-state index < -0.39 is 0 Å². The van der Waals surface area contributed by atoms with E-state index in [-0.39, 0.29) is 5.92 Å². The smallest absolute Gasteiger partial charge is 0.129 e. The monoisotopic (exact) mass is 403 g/mol. The van der Waals surface area contributed by atoms with Crippen molar-refractivity contribution in [3.8, 4) is 11.3 Å². The van der Waals surface area contributed by atoms with Gasteiger partial charge in [0.2, 0.25) is 0 Å². The number of rotatable bonds is 5. The molecule has 4 rings (SSSR count). The van der Waals surface area contributed by atoms with Gasteiger partial charge in [-0.3, -0.25) is 9.97 Å². The fourth-order valence-corrected chi connectivity index (χ4v) is 3.66. The van der Waals surface area contributed by atoms with Gasteiger partial charge in [-0.1, -0.05) is 36.7 Å². The fraction of sp³-hybridized carbons (Fsp3) is 0.217. The lowest BCUT2D eigenvalue weighted by atomic mass is 9.97. The third-order valence-corrected chi connectivity index (χ3v) is 5.26. The number of benzene rings is 1. The number of aromatic nitrogens is 4. The first kappa shape index (κ1) is 19.3. The van der Waals surface area contributed by atoms with Gasteiger partial charge in [0.25, 0.3) is 0 Å². The van der Waals surface area contributed by atoms with Crippen molar-refractivity contribution in [3.63, 3.8) is 0 Å². The van der Waals surface area contributed by atoms with Crippen LogP contribution in [0, 0.1) is 13.8 Å². The summed E-state index contributed by atoms with van der Waals surface area (Å²) in [5, 5.41) is 5.15. The van der Waals surface area contributed by atoms with Crippen LogP contribution < -0.4 is 5.32 Å². The van der Waals surface area contributed by atoms with E-state index in [1.54, 1.807) is 6.33 Å². The van der Waals surface area contributed by atoms with Gasteiger partial charge < -0.3 is 5.32 Å². The van der Waals surface area contributed by atoms with Crippen molar-refractivity contribution < 1.29 is 0 Å². The van der Waals surface area contributed by atoms with E-state index in [0.717, 1.165) is 56.5 Å². The number of pyridine rings is 2. The Labute approximate surface area is 175 Å². The maximum atomic E-state index is 6.42. The van der Waals surface area contributed by atoms with Crippen LogP contribution >= 0.6 is 11.6 Å². The van der Waals surface area contributed by atoms with Gasteiger partial charge in [-0.2, -0.15) is 0 Å². The van der Waals surface area contributed by atoms with Crippen molar-refractivity contribution in [2.24, 2.45) is 0 Å². The number of hydrogen-bond acceptors (Lipinski definition) is 5. The molecule has 146 valence electrons. The summed E-state index contributed by atoms with van der Waals surface area (Å²) >= 11 is 6.42. The van der Waals surface area contributed by atoms with Gasteiger partial charge >= 0.3 is 0 Å². The first-order chi connectivity index (χ1) is 14.0. The Kier molecular flexibility index (Phi) is 5.41. The minimum Gasteiger partial charge on any atom is -0.369 e. The molecule has 1 N–H and O–H groups in total. The Morgan fingerprint density at radius 1 is 1.00 bits per heavy atom. The normalized spacial score (nSPS) is 12.1. The number of fused-ring (bicyclic) bond motifs is 1. The van der Waals surface area contributed by atoms with Crippen molar-refractivity contribution in [2.45, 2.75) is 26.7 Å². The Morgan fingerprint density at radius 2 is 1.86 bits per heavy atom. The van der Waals surface area contributed by atoms with Crippen LogP contribution in [0.15, 0.2) is 55.0 Å². The zero-order valence-corrected chi connectivity index (χ0v) is 17.4. The molecule has 0 amide bonds. The van der Waals surface area contributed by atoms with E-state index in [1.807, 2.05) is 56.4 Å². The van der Waals surface area contributed by atoms with Gasteiger partial charge in [0, 0.05) is 47.1 Å². The van der Waals surface area contributed by atoms with Crippen LogP contribution in [0.3, 0.4) is 0 Å². The molecule has 4 aromatic rings. The van der Waals surface area contributed by atoms with E-state index in [4.69, 9.17) is 16.6 Å². The number of anilines is 1. The first-order valence-electron chi connectivity index (χ1n) is 9.56. The minimum atomic E-state index is 0.225. The number of para-hydroxylation sites is 1. The van der Waals surface area contributed by atoms with Crippen LogP contribution in [0.1, 0.15) is 29.8 Å². The minimum absolute atomic E-state index is 0.225. The topological polar surface area (TPSA) is 63.6 Å². The zero-order chi connectivity index (χ0) is 20.4. The lowest BCUT2D eigenvalue weighted by Gasteiger charge is -2.16. The van der Waals surface area contributed by atoms with Gasteiger partial charge in [0.15, 0.2) is 0 Å². The summed E-state index contributed by atoms with van der Waals surface area (Å²) in [7, 11) is 0. The number of halogens is 1. The van der Waals surface area contributed by atoms with Crippen LogP contribution in [0.2, 0.25) is 5.02 Å². The summed E-state index contributed by atoms with van der Waals surface area (Å²) < 4.78 is 0. The Balaban J connectivity index is 1.55. The molecule has 0 aliphatic carbocycles. The molecule has 0 saturated carbocycles. The Hall–Kier alpha value is -3.05. The lowest BCUT2D eigenvalue weighted by molar-refractivity contribution is 0.805. The SMILES string of the molecule is Cc1ccc(-c2cc(NC[C@@H](C)c3cccc4c(Cl)cc(C)nc34)ncn2)cn1. The quantitative estimate of drug-likeness (QED) is 0.471. The van der Waals surface area contributed by atoms with Crippen molar-refractivity contribution in [1.82, 2.24) is 19.9 Å². The summed E-state index contributed by atoms with van der Waals surface area (Å²) in [6, 6.07) is 14.0. The highest BCUT2D eigenvalue weighted by molar-refractivity contribution is 6.35. The molecule has 3 aromatic heterocycles. The van der Waals surface area contributed by atoms with E-state index >= 15 is 0 Å². The van der Waals surface area contributed by atoms with Crippen molar-refractivity contribution in [1.29, 1.82) is 0 Å². The van der Waals surface area contributed by atoms with Crippen molar-refractivity contribution in [3.05, 3.63) is 77.0 Å².